The van der Waals surface area contributed by atoms with Gasteiger partial charge in [0, 0.05) is 17.7 Å². The third-order valence-corrected chi connectivity index (χ3v) is 3.00. The number of H-pyrrole nitrogens is 1. The van der Waals surface area contributed by atoms with Gasteiger partial charge in [-0.1, -0.05) is 6.92 Å². The molecule has 0 saturated carbocycles. The molecule has 5 nitrogen and oxygen atoms in total. The molecule has 112 valence electrons. The number of amides is 1. The largest absolute Gasteiger partial charge is 0.351 e. The molecule has 1 aromatic heterocycles. The number of rotatable bonds is 5. The highest BCUT2D eigenvalue weighted by Gasteiger charge is 2.12. The minimum atomic E-state index is -0.421. The summed E-state index contributed by atoms with van der Waals surface area (Å²) >= 11 is 0. The number of carbonyl (C=O) groups is 1. The van der Waals surface area contributed by atoms with Gasteiger partial charge in [-0.3, -0.25) is 9.89 Å². The van der Waals surface area contributed by atoms with Crippen molar-refractivity contribution in [1.82, 2.24) is 15.5 Å². The number of benzene rings is 1. The van der Waals surface area contributed by atoms with Gasteiger partial charge in [-0.25, -0.2) is 4.39 Å². The molecule has 0 unspecified atom stereocenters. The standard InChI is InChI=1S/C16H15FN4O/c1-2-7-19-16(22)12(9-18)8-13-10-20-21-15(13)11-3-5-14(17)6-4-11/h3-6,8,10H,2,7H2,1H3,(H,19,22)(H,20,21)/b12-8-. The van der Waals surface area contributed by atoms with E-state index in [1.165, 1.54) is 24.4 Å². The number of nitriles is 1. The van der Waals surface area contributed by atoms with Crippen LogP contribution in [0.25, 0.3) is 17.3 Å². The summed E-state index contributed by atoms with van der Waals surface area (Å²) in [5.41, 5.74) is 1.93. The van der Waals surface area contributed by atoms with Crippen molar-refractivity contribution in [3.8, 4) is 17.3 Å². The minimum Gasteiger partial charge on any atom is -0.351 e. The molecule has 1 amide bonds. The van der Waals surface area contributed by atoms with Gasteiger partial charge in [0.2, 0.25) is 0 Å². The van der Waals surface area contributed by atoms with Gasteiger partial charge >= 0.3 is 0 Å². The molecule has 0 aliphatic rings. The average molecular weight is 298 g/mol. The summed E-state index contributed by atoms with van der Waals surface area (Å²) in [5, 5.41) is 18.5. The highest BCUT2D eigenvalue weighted by molar-refractivity contribution is 6.02. The Bertz CT molecular complexity index is 725. The van der Waals surface area contributed by atoms with E-state index in [0.717, 1.165) is 12.0 Å². The van der Waals surface area contributed by atoms with Crippen molar-refractivity contribution in [2.75, 3.05) is 6.54 Å². The Labute approximate surface area is 127 Å². The number of hydrogen-bond acceptors (Lipinski definition) is 3. The van der Waals surface area contributed by atoms with Gasteiger partial charge in [0.1, 0.15) is 17.5 Å². The van der Waals surface area contributed by atoms with E-state index in [0.29, 0.717) is 17.8 Å². The van der Waals surface area contributed by atoms with Crippen molar-refractivity contribution in [3.05, 3.63) is 47.4 Å². The molecule has 0 fully saturated rings. The topological polar surface area (TPSA) is 81.6 Å². The number of nitrogens with zero attached hydrogens (tertiary/aromatic N) is 2. The lowest BCUT2D eigenvalue weighted by molar-refractivity contribution is -0.117. The molecular weight excluding hydrogens is 283 g/mol. The van der Waals surface area contributed by atoms with Crippen LogP contribution in [0.15, 0.2) is 36.0 Å². The second kappa shape index (κ2) is 7.18. The molecule has 0 saturated heterocycles. The summed E-state index contributed by atoms with van der Waals surface area (Å²) in [5.74, 6) is -0.757. The van der Waals surface area contributed by atoms with E-state index in [4.69, 9.17) is 5.26 Å². The molecule has 0 bridgehead atoms. The van der Waals surface area contributed by atoms with E-state index in [9.17, 15) is 9.18 Å². The first-order chi connectivity index (χ1) is 10.7. The molecule has 1 heterocycles. The van der Waals surface area contributed by atoms with Crippen LogP contribution in [0.1, 0.15) is 18.9 Å². The summed E-state index contributed by atoms with van der Waals surface area (Å²) in [6, 6.07) is 7.76. The van der Waals surface area contributed by atoms with Crippen molar-refractivity contribution < 1.29 is 9.18 Å². The SMILES string of the molecule is CCCNC(=O)/C(C#N)=C\c1cn[nH]c1-c1ccc(F)cc1. The molecule has 22 heavy (non-hydrogen) atoms. The molecular formula is C16H15FN4O. The first kappa shape index (κ1) is 15.4. The Hall–Kier alpha value is -2.94. The van der Waals surface area contributed by atoms with Crippen LogP contribution in [-0.2, 0) is 4.79 Å². The first-order valence-electron chi connectivity index (χ1n) is 6.85. The van der Waals surface area contributed by atoms with Crippen LogP contribution < -0.4 is 5.32 Å². The Balaban J connectivity index is 2.32. The van der Waals surface area contributed by atoms with Crippen LogP contribution in [0.4, 0.5) is 4.39 Å². The number of aromatic amines is 1. The average Bonchev–Trinajstić information content (AvgIpc) is 2.99. The second-order valence-corrected chi connectivity index (χ2v) is 4.63. The molecule has 0 radical (unpaired) electrons. The van der Waals surface area contributed by atoms with Gasteiger partial charge in [-0.2, -0.15) is 10.4 Å². The zero-order valence-corrected chi connectivity index (χ0v) is 12.1. The van der Waals surface area contributed by atoms with E-state index < -0.39 is 5.91 Å². The number of hydrogen-bond donors (Lipinski definition) is 2. The molecule has 2 rings (SSSR count). The van der Waals surface area contributed by atoms with Crippen molar-refractivity contribution in [1.29, 1.82) is 5.26 Å². The maximum absolute atomic E-state index is 13.0. The van der Waals surface area contributed by atoms with Crippen LogP contribution in [-0.4, -0.2) is 22.6 Å². The van der Waals surface area contributed by atoms with Crippen molar-refractivity contribution in [3.63, 3.8) is 0 Å². The highest BCUT2D eigenvalue weighted by Crippen LogP contribution is 2.23. The summed E-state index contributed by atoms with van der Waals surface area (Å²) in [6.07, 6.45) is 3.77. The number of nitrogens with one attached hydrogen (secondary N) is 2. The van der Waals surface area contributed by atoms with Crippen LogP contribution in [0.2, 0.25) is 0 Å². The minimum absolute atomic E-state index is 0.00166. The zero-order valence-electron chi connectivity index (χ0n) is 12.1. The Morgan fingerprint density at radius 2 is 2.18 bits per heavy atom. The van der Waals surface area contributed by atoms with Crippen molar-refractivity contribution in [2.45, 2.75) is 13.3 Å². The smallest absolute Gasteiger partial charge is 0.261 e. The normalized spacial score (nSPS) is 11.0. The number of halogens is 1. The molecule has 2 aromatic rings. The van der Waals surface area contributed by atoms with Gasteiger partial charge < -0.3 is 5.32 Å². The van der Waals surface area contributed by atoms with E-state index in [2.05, 4.69) is 15.5 Å². The summed E-state index contributed by atoms with van der Waals surface area (Å²) in [4.78, 5) is 11.9. The molecule has 0 aliphatic heterocycles. The third-order valence-electron chi connectivity index (χ3n) is 3.00. The fourth-order valence-electron chi connectivity index (χ4n) is 1.89. The summed E-state index contributed by atoms with van der Waals surface area (Å²) in [6.45, 7) is 2.44. The second-order valence-electron chi connectivity index (χ2n) is 4.63. The quantitative estimate of drug-likeness (QED) is 0.657. The monoisotopic (exact) mass is 298 g/mol. The lowest BCUT2D eigenvalue weighted by Gasteiger charge is -2.03. The van der Waals surface area contributed by atoms with E-state index >= 15 is 0 Å². The molecule has 6 heteroatoms. The van der Waals surface area contributed by atoms with Crippen LogP contribution in [0.3, 0.4) is 0 Å². The number of carbonyl (C=O) groups excluding carboxylic acids is 1. The highest BCUT2D eigenvalue weighted by atomic mass is 19.1. The van der Waals surface area contributed by atoms with Gasteiger partial charge in [0.05, 0.1) is 11.9 Å². The lowest BCUT2D eigenvalue weighted by atomic mass is 10.1. The van der Waals surface area contributed by atoms with Crippen LogP contribution in [0, 0.1) is 17.1 Å². The molecule has 1 aromatic carbocycles. The predicted molar refractivity (Wildman–Crippen MR) is 80.9 cm³/mol. The van der Waals surface area contributed by atoms with Gasteiger partial charge in [-0.05, 0) is 36.8 Å². The van der Waals surface area contributed by atoms with E-state index in [-0.39, 0.29) is 11.4 Å². The van der Waals surface area contributed by atoms with E-state index in [1.807, 2.05) is 13.0 Å². The molecule has 0 spiro atoms. The van der Waals surface area contributed by atoms with Gasteiger partial charge in [0.15, 0.2) is 0 Å². The van der Waals surface area contributed by atoms with Gasteiger partial charge in [-0.15, -0.1) is 0 Å². The van der Waals surface area contributed by atoms with Crippen molar-refractivity contribution >= 4 is 12.0 Å². The maximum Gasteiger partial charge on any atom is 0.261 e. The number of aromatic nitrogens is 2. The lowest BCUT2D eigenvalue weighted by Crippen LogP contribution is -2.25. The first-order valence-corrected chi connectivity index (χ1v) is 6.85. The fourth-order valence-corrected chi connectivity index (χ4v) is 1.89. The third kappa shape index (κ3) is 3.58. The summed E-state index contributed by atoms with van der Waals surface area (Å²) < 4.78 is 13.0. The molecule has 2 N–H and O–H groups in total. The van der Waals surface area contributed by atoms with Crippen LogP contribution >= 0.6 is 0 Å². The maximum atomic E-state index is 13.0. The van der Waals surface area contributed by atoms with Crippen LogP contribution in [0.5, 0.6) is 0 Å². The predicted octanol–water partition coefficient (Wildman–Crippen LogP) is 2.65. The Morgan fingerprint density at radius 1 is 1.45 bits per heavy atom. The summed E-state index contributed by atoms with van der Waals surface area (Å²) in [7, 11) is 0. The van der Waals surface area contributed by atoms with Crippen molar-refractivity contribution in [2.24, 2.45) is 0 Å². The Morgan fingerprint density at radius 3 is 2.82 bits per heavy atom. The zero-order chi connectivity index (χ0) is 15.9. The molecule has 0 atom stereocenters. The Kier molecular flexibility index (Phi) is 5.04. The fraction of sp³-hybridized carbons (Fsp3) is 0.188. The van der Waals surface area contributed by atoms with E-state index in [1.54, 1.807) is 12.1 Å². The van der Waals surface area contributed by atoms with Gasteiger partial charge in [0.25, 0.3) is 5.91 Å². The molecule has 0 aliphatic carbocycles.